The minimum absolute atomic E-state index is 0.0446. The van der Waals surface area contributed by atoms with Crippen molar-refractivity contribution < 1.29 is 9.52 Å². The molecular weight excluding hydrogens is 348 g/mol. The van der Waals surface area contributed by atoms with E-state index in [0.717, 1.165) is 62.5 Å². The van der Waals surface area contributed by atoms with Gasteiger partial charge in [0.1, 0.15) is 11.5 Å². The average Bonchev–Trinajstić information content (AvgIpc) is 3.11. The molecule has 2 aromatic rings. The van der Waals surface area contributed by atoms with Gasteiger partial charge in [-0.15, -0.1) is 0 Å². The number of fused-ring (bicyclic) bond motifs is 1. The lowest BCUT2D eigenvalue weighted by Gasteiger charge is -2.53. The molecule has 5 heteroatoms. The van der Waals surface area contributed by atoms with Gasteiger partial charge >= 0.3 is 0 Å². The van der Waals surface area contributed by atoms with Crippen LogP contribution in [0.2, 0.25) is 5.02 Å². The molecule has 0 saturated carbocycles. The highest BCUT2D eigenvalue weighted by Gasteiger charge is 2.46. The summed E-state index contributed by atoms with van der Waals surface area (Å²) in [6.45, 7) is 4.21. The van der Waals surface area contributed by atoms with Crippen LogP contribution in [0.15, 0.2) is 40.8 Å². The molecule has 1 aromatic heterocycles. The van der Waals surface area contributed by atoms with Crippen LogP contribution in [-0.4, -0.2) is 54.2 Å². The lowest BCUT2D eigenvalue weighted by Crippen LogP contribution is -2.61. The third-order valence-corrected chi connectivity index (χ3v) is 6.55. The highest BCUT2D eigenvalue weighted by Crippen LogP contribution is 2.42. The summed E-state index contributed by atoms with van der Waals surface area (Å²) in [4.78, 5) is 4.89. The number of aliphatic hydroxyl groups excluding tert-OH is 1. The van der Waals surface area contributed by atoms with E-state index in [0.29, 0.717) is 11.1 Å². The first-order chi connectivity index (χ1) is 12.6. The first-order valence-electron chi connectivity index (χ1n) is 9.48. The molecule has 1 aromatic carbocycles. The van der Waals surface area contributed by atoms with Crippen molar-refractivity contribution in [1.29, 1.82) is 0 Å². The van der Waals surface area contributed by atoms with Gasteiger partial charge in [-0.05, 0) is 63.7 Å². The molecule has 2 fully saturated rings. The third kappa shape index (κ3) is 3.31. The van der Waals surface area contributed by atoms with E-state index in [-0.39, 0.29) is 12.0 Å². The maximum Gasteiger partial charge on any atom is 0.135 e. The normalized spacial score (nSPS) is 27.4. The molecule has 2 atom stereocenters. The monoisotopic (exact) mass is 374 g/mol. The lowest BCUT2D eigenvalue weighted by molar-refractivity contribution is -0.0760. The number of likely N-dealkylation sites (N-methyl/N-ethyl adjacent to an activating group) is 1. The van der Waals surface area contributed by atoms with Crippen molar-refractivity contribution in [2.75, 3.05) is 33.3 Å². The minimum Gasteiger partial charge on any atom is -0.460 e. The number of rotatable bonds is 4. The fraction of sp³-hybridized carbons (Fsp3) is 0.524. The molecule has 4 nitrogen and oxygen atoms in total. The Bertz CT molecular complexity index is 762. The SMILES string of the molecule is CN1CC[C@@]2(CO)CCCN(Cc3ccc(-c4ccccc4Cl)o3)[C@@H]2C1. The van der Waals surface area contributed by atoms with Crippen LogP contribution < -0.4 is 0 Å². The second-order valence-electron chi connectivity index (χ2n) is 7.87. The number of benzene rings is 1. The largest absolute Gasteiger partial charge is 0.460 e. The van der Waals surface area contributed by atoms with Crippen molar-refractivity contribution in [2.24, 2.45) is 5.41 Å². The topological polar surface area (TPSA) is 39.9 Å². The Morgan fingerprint density at radius 1 is 1.19 bits per heavy atom. The van der Waals surface area contributed by atoms with E-state index in [4.69, 9.17) is 16.0 Å². The van der Waals surface area contributed by atoms with Crippen LogP contribution in [0.4, 0.5) is 0 Å². The summed E-state index contributed by atoms with van der Waals surface area (Å²) < 4.78 is 6.12. The van der Waals surface area contributed by atoms with E-state index < -0.39 is 0 Å². The van der Waals surface area contributed by atoms with Gasteiger partial charge in [0.2, 0.25) is 0 Å². The number of likely N-dealkylation sites (tertiary alicyclic amines) is 2. The van der Waals surface area contributed by atoms with Crippen LogP contribution >= 0.6 is 11.6 Å². The number of aliphatic hydroxyl groups is 1. The van der Waals surface area contributed by atoms with E-state index in [1.165, 1.54) is 0 Å². The molecule has 4 rings (SSSR count). The van der Waals surface area contributed by atoms with Gasteiger partial charge in [-0.2, -0.15) is 0 Å². The Hall–Kier alpha value is -1.33. The molecule has 1 N–H and O–H groups in total. The van der Waals surface area contributed by atoms with Gasteiger partial charge in [-0.25, -0.2) is 0 Å². The predicted molar refractivity (Wildman–Crippen MR) is 104 cm³/mol. The van der Waals surface area contributed by atoms with Gasteiger partial charge in [0.15, 0.2) is 0 Å². The van der Waals surface area contributed by atoms with Crippen LogP contribution in [0, 0.1) is 5.41 Å². The molecule has 26 heavy (non-hydrogen) atoms. The Morgan fingerprint density at radius 2 is 2.04 bits per heavy atom. The van der Waals surface area contributed by atoms with Gasteiger partial charge in [0, 0.05) is 23.6 Å². The third-order valence-electron chi connectivity index (χ3n) is 6.22. The van der Waals surface area contributed by atoms with Crippen LogP contribution in [0.5, 0.6) is 0 Å². The second-order valence-corrected chi connectivity index (χ2v) is 8.28. The summed E-state index contributed by atoms with van der Waals surface area (Å²) >= 11 is 6.30. The van der Waals surface area contributed by atoms with Crippen LogP contribution in [0.1, 0.15) is 25.0 Å². The number of halogens is 1. The zero-order chi connectivity index (χ0) is 18.1. The minimum atomic E-state index is 0.0446. The molecule has 3 heterocycles. The number of hydrogen-bond donors (Lipinski definition) is 1. The number of nitrogens with zero attached hydrogens (tertiary/aromatic N) is 2. The molecule has 0 bridgehead atoms. The Balaban J connectivity index is 1.54. The second kappa shape index (κ2) is 7.35. The molecule has 140 valence electrons. The van der Waals surface area contributed by atoms with E-state index in [2.05, 4.69) is 22.9 Å². The van der Waals surface area contributed by atoms with Crippen LogP contribution in [0.25, 0.3) is 11.3 Å². The molecule has 0 aliphatic carbocycles. The van der Waals surface area contributed by atoms with E-state index in [1.807, 2.05) is 30.3 Å². The number of hydrogen-bond acceptors (Lipinski definition) is 4. The summed E-state index contributed by atoms with van der Waals surface area (Å²) in [5, 5.41) is 10.9. The molecule has 2 aliphatic rings. The molecule has 2 saturated heterocycles. The Morgan fingerprint density at radius 3 is 2.85 bits per heavy atom. The first kappa shape index (κ1) is 18.1. The average molecular weight is 375 g/mol. The smallest absolute Gasteiger partial charge is 0.135 e. The summed E-state index contributed by atoms with van der Waals surface area (Å²) in [7, 11) is 2.18. The Labute approximate surface area is 160 Å². The summed E-state index contributed by atoms with van der Waals surface area (Å²) in [6.07, 6.45) is 3.34. The van der Waals surface area contributed by atoms with Crippen LogP contribution in [-0.2, 0) is 6.54 Å². The molecular formula is C21H27ClN2O2. The molecule has 0 spiro atoms. The standard InChI is InChI=1S/C21H27ClN2O2/c1-23-12-10-21(15-25)9-4-11-24(20(21)14-23)13-16-7-8-19(26-16)17-5-2-3-6-18(17)22/h2-3,5-8,20,25H,4,9-15H2,1H3/t20-,21-/m1/s1. The van der Waals surface area contributed by atoms with Crippen molar-refractivity contribution in [2.45, 2.75) is 31.8 Å². The zero-order valence-electron chi connectivity index (χ0n) is 15.3. The summed E-state index contributed by atoms with van der Waals surface area (Å²) in [5.74, 6) is 1.78. The maximum absolute atomic E-state index is 10.1. The molecule has 0 unspecified atom stereocenters. The molecule has 0 radical (unpaired) electrons. The van der Waals surface area contributed by atoms with E-state index in [1.54, 1.807) is 0 Å². The highest BCUT2D eigenvalue weighted by atomic mass is 35.5. The fourth-order valence-corrected chi connectivity index (χ4v) is 4.90. The van der Waals surface area contributed by atoms with Crippen molar-refractivity contribution in [3.63, 3.8) is 0 Å². The van der Waals surface area contributed by atoms with Gasteiger partial charge < -0.3 is 14.4 Å². The lowest BCUT2D eigenvalue weighted by atomic mass is 9.69. The van der Waals surface area contributed by atoms with E-state index in [9.17, 15) is 5.11 Å². The van der Waals surface area contributed by atoms with Gasteiger partial charge in [0.25, 0.3) is 0 Å². The van der Waals surface area contributed by atoms with Crippen molar-refractivity contribution in [3.05, 3.63) is 47.2 Å². The number of furan rings is 1. The van der Waals surface area contributed by atoms with Crippen LogP contribution in [0.3, 0.4) is 0 Å². The quantitative estimate of drug-likeness (QED) is 0.881. The highest BCUT2D eigenvalue weighted by molar-refractivity contribution is 6.33. The van der Waals surface area contributed by atoms with E-state index >= 15 is 0 Å². The van der Waals surface area contributed by atoms with Crippen molar-refractivity contribution in [3.8, 4) is 11.3 Å². The fourth-order valence-electron chi connectivity index (χ4n) is 4.67. The molecule has 2 aliphatic heterocycles. The molecule has 0 amide bonds. The van der Waals surface area contributed by atoms with Gasteiger partial charge in [-0.3, -0.25) is 4.90 Å². The predicted octanol–water partition coefficient (Wildman–Crippen LogP) is 3.88. The van der Waals surface area contributed by atoms with Gasteiger partial charge in [0.05, 0.1) is 18.2 Å². The first-order valence-corrected chi connectivity index (χ1v) is 9.86. The van der Waals surface area contributed by atoms with Crippen molar-refractivity contribution >= 4 is 11.6 Å². The Kier molecular flexibility index (Phi) is 5.11. The number of piperidine rings is 2. The van der Waals surface area contributed by atoms with Gasteiger partial charge in [-0.1, -0.05) is 23.7 Å². The summed E-state index contributed by atoms with van der Waals surface area (Å²) in [5.41, 5.74) is 0.976. The van der Waals surface area contributed by atoms with Crippen molar-refractivity contribution in [1.82, 2.24) is 9.80 Å². The zero-order valence-corrected chi connectivity index (χ0v) is 16.1. The summed E-state index contributed by atoms with van der Waals surface area (Å²) in [6, 6.07) is 12.2. The maximum atomic E-state index is 10.1.